The summed E-state index contributed by atoms with van der Waals surface area (Å²) in [6.07, 6.45) is 8.96. The normalized spacial score (nSPS) is 9.78. The number of aromatic nitrogens is 1. The van der Waals surface area contributed by atoms with Gasteiger partial charge in [0.25, 0.3) is 0 Å². The number of carbonyl (C=O) groups excluding carboxylic acids is 1. The molecule has 0 saturated heterocycles. The summed E-state index contributed by atoms with van der Waals surface area (Å²) >= 11 is 0. The monoisotopic (exact) mass is 239 g/mol. The predicted octanol–water partition coefficient (Wildman–Crippen LogP) is 2.58. The lowest BCUT2D eigenvalue weighted by molar-refractivity contribution is 0.0556. The summed E-state index contributed by atoms with van der Waals surface area (Å²) in [6.45, 7) is 1.95. The number of benzene rings is 1. The maximum Gasteiger partial charge on any atom is 0.339 e. The van der Waals surface area contributed by atoms with Crippen molar-refractivity contribution in [3.05, 3.63) is 53.9 Å². The summed E-state index contributed by atoms with van der Waals surface area (Å²) < 4.78 is 6.87. The highest BCUT2D eigenvalue weighted by Crippen LogP contribution is 2.16. The van der Waals surface area contributed by atoms with Crippen LogP contribution in [0.5, 0.6) is 0 Å². The van der Waals surface area contributed by atoms with Gasteiger partial charge in [-0.2, -0.15) is 0 Å². The maximum atomic E-state index is 11.6. The van der Waals surface area contributed by atoms with Crippen LogP contribution in [0.15, 0.2) is 42.7 Å². The van der Waals surface area contributed by atoms with Crippen LogP contribution in [0.4, 0.5) is 0 Å². The Morgan fingerprint density at radius 3 is 2.72 bits per heavy atom. The molecular weight excluding hydrogens is 226 g/mol. The molecule has 0 N–H and O–H groups in total. The van der Waals surface area contributed by atoms with Gasteiger partial charge in [0.15, 0.2) is 6.61 Å². The fourth-order valence-electron chi connectivity index (χ4n) is 1.76. The molecule has 90 valence electrons. The van der Waals surface area contributed by atoms with Crippen LogP contribution >= 0.6 is 0 Å². The van der Waals surface area contributed by atoms with Gasteiger partial charge in [0, 0.05) is 18.1 Å². The Morgan fingerprint density at radius 1 is 1.39 bits per heavy atom. The van der Waals surface area contributed by atoms with Gasteiger partial charge in [0.1, 0.15) is 0 Å². The Kier molecular flexibility index (Phi) is 3.49. The second kappa shape index (κ2) is 5.24. The van der Waals surface area contributed by atoms with Crippen LogP contribution in [0, 0.1) is 19.3 Å². The molecule has 0 amide bonds. The fraction of sp³-hybridized carbons (Fsp3) is 0.133. The standard InChI is InChI=1S/C15H13NO2/c1-3-10-18-15(17)13-6-7-14(12(2)11-13)16-8-4-5-9-16/h1,4-9,11H,10H2,2H3. The first-order valence-electron chi connectivity index (χ1n) is 5.57. The summed E-state index contributed by atoms with van der Waals surface area (Å²) in [5.41, 5.74) is 2.55. The second-order valence-corrected chi connectivity index (χ2v) is 3.87. The Hall–Kier alpha value is -2.47. The highest BCUT2D eigenvalue weighted by molar-refractivity contribution is 5.90. The average Bonchev–Trinajstić information content (AvgIpc) is 2.89. The Bertz CT molecular complexity index is 591. The number of nitrogens with zero attached hydrogens (tertiary/aromatic N) is 1. The lowest BCUT2D eigenvalue weighted by Gasteiger charge is -2.09. The molecule has 0 aliphatic rings. The first-order valence-corrected chi connectivity index (χ1v) is 5.57. The minimum absolute atomic E-state index is 0.00275. The van der Waals surface area contributed by atoms with Crippen molar-refractivity contribution >= 4 is 5.97 Å². The highest BCUT2D eigenvalue weighted by Gasteiger charge is 2.09. The van der Waals surface area contributed by atoms with Crippen molar-refractivity contribution in [2.45, 2.75) is 6.92 Å². The summed E-state index contributed by atoms with van der Waals surface area (Å²) in [4.78, 5) is 11.6. The molecule has 0 atom stereocenters. The van der Waals surface area contributed by atoms with Gasteiger partial charge in [-0.15, -0.1) is 6.42 Å². The van der Waals surface area contributed by atoms with Crippen LogP contribution in [-0.4, -0.2) is 17.1 Å². The fourth-order valence-corrected chi connectivity index (χ4v) is 1.76. The van der Waals surface area contributed by atoms with E-state index in [9.17, 15) is 4.79 Å². The molecule has 0 bridgehead atoms. The number of esters is 1. The van der Waals surface area contributed by atoms with Gasteiger partial charge in [-0.05, 0) is 42.8 Å². The summed E-state index contributed by atoms with van der Waals surface area (Å²) in [7, 11) is 0. The molecule has 1 aromatic heterocycles. The zero-order valence-electron chi connectivity index (χ0n) is 10.1. The molecular formula is C15H13NO2. The van der Waals surface area contributed by atoms with E-state index in [2.05, 4.69) is 5.92 Å². The number of ether oxygens (including phenoxy) is 1. The van der Waals surface area contributed by atoms with Crippen LogP contribution in [0.2, 0.25) is 0 Å². The van der Waals surface area contributed by atoms with Crippen LogP contribution in [0.25, 0.3) is 5.69 Å². The summed E-state index contributed by atoms with van der Waals surface area (Å²) in [6, 6.07) is 9.33. The van der Waals surface area contributed by atoms with E-state index in [1.807, 2.05) is 42.1 Å². The zero-order valence-corrected chi connectivity index (χ0v) is 10.1. The smallest absolute Gasteiger partial charge is 0.339 e. The van der Waals surface area contributed by atoms with Gasteiger partial charge < -0.3 is 9.30 Å². The van der Waals surface area contributed by atoms with Crippen molar-refractivity contribution in [1.82, 2.24) is 4.57 Å². The van der Waals surface area contributed by atoms with Crippen molar-refractivity contribution in [1.29, 1.82) is 0 Å². The van der Waals surface area contributed by atoms with E-state index < -0.39 is 5.97 Å². The molecule has 3 nitrogen and oxygen atoms in total. The Morgan fingerprint density at radius 2 is 2.11 bits per heavy atom. The number of hydrogen-bond donors (Lipinski definition) is 0. The molecule has 0 spiro atoms. The Balaban J connectivity index is 2.26. The van der Waals surface area contributed by atoms with Crippen LogP contribution in [-0.2, 0) is 4.74 Å². The first kappa shape index (κ1) is 12.0. The van der Waals surface area contributed by atoms with Crippen molar-refractivity contribution in [2.24, 2.45) is 0 Å². The minimum atomic E-state index is -0.393. The Labute approximate surface area is 106 Å². The SMILES string of the molecule is C#CCOC(=O)c1ccc(-n2cccc2)c(C)c1. The summed E-state index contributed by atoms with van der Waals surface area (Å²) in [5.74, 6) is 1.88. The average molecular weight is 239 g/mol. The summed E-state index contributed by atoms with van der Waals surface area (Å²) in [5, 5.41) is 0. The van der Waals surface area contributed by atoms with Crippen molar-refractivity contribution < 1.29 is 9.53 Å². The number of rotatable bonds is 3. The molecule has 1 heterocycles. The van der Waals surface area contributed by atoms with E-state index in [0.717, 1.165) is 11.3 Å². The maximum absolute atomic E-state index is 11.6. The van der Waals surface area contributed by atoms with E-state index in [-0.39, 0.29) is 6.61 Å². The molecule has 2 aromatic rings. The van der Waals surface area contributed by atoms with Gasteiger partial charge in [-0.1, -0.05) is 5.92 Å². The molecule has 18 heavy (non-hydrogen) atoms. The third-order valence-electron chi connectivity index (χ3n) is 2.60. The van der Waals surface area contributed by atoms with Gasteiger partial charge in [0.2, 0.25) is 0 Å². The molecule has 0 radical (unpaired) electrons. The zero-order chi connectivity index (χ0) is 13.0. The highest BCUT2D eigenvalue weighted by atomic mass is 16.5. The number of carbonyl (C=O) groups is 1. The third kappa shape index (κ3) is 2.44. The van der Waals surface area contributed by atoms with Gasteiger partial charge in [0.05, 0.1) is 5.56 Å². The van der Waals surface area contributed by atoms with Crippen molar-refractivity contribution in [2.75, 3.05) is 6.61 Å². The first-order chi connectivity index (χ1) is 8.72. The molecule has 0 saturated carbocycles. The van der Waals surface area contributed by atoms with E-state index in [4.69, 9.17) is 11.2 Å². The van der Waals surface area contributed by atoms with Crippen LogP contribution < -0.4 is 0 Å². The number of hydrogen-bond acceptors (Lipinski definition) is 2. The number of aryl methyl sites for hydroxylation is 1. The minimum Gasteiger partial charge on any atom is -0.449 e. The molecule has 2 rings (SSSR count). The van der Waals surface area contributed by atoms with Gasteiger partial charge in [-0.3, -0.25) is 0 Å². The van der Waals surface area contributed by atoms with Crippen LogP contribution in [0.1, 0.15) is 15.9 Å². The second-order valence-electron chi connectivity index (χ2n) is 3.87. The predicted molar refractivity (Wildman–Crippen MR) is 69.6 cm³/mol. The van der Waals surface area contributed by atoms with Crippen LogP contribution in [0.3, 0.4) is 0 Å². The van der Waals surface area contributed by atoms with Gasteiger partial charge in [-0.25, -0.2) is 4.79 Å². The molecule has 0 aliphatic carbocycles. The van der Waals surface area contributed by atoms with E-state index in [0.29, 0.717) is 5.56 Å². The van der Waals surface area contributed by atoms with Gasteiger partial charge >= 0.3 is 5.97 Å². The molecule has 3 heteroatoms. The molecule has 1 aromatic carbocycles. The quantitative estimate of drug-likeness (QED) is 0.609. The van der Waals surface area contributed by atoms with E-state index in [1.165, 1.54) is 0 Å². The lowest BCUT2D eigenvalue weighted by Crippen LogP contribution is -2.06. The lowest BCUT2D eigenvalue weighted by atomic mass is 10.1. The topological polar surface area (TPSA) is 31.2 Å². The van der Waals surface area contributed by atoms with E-state index >= 15 is 0 Å². The van der Waals surface area contributed by atoms with E-state index in [1.54, 1.807) is 12.1 Å². The molecule has 0 fully saturated rings. The largest absolute Gasteiger partial charge is 0.449 e. The molecule has 0 unspecified atom stereocenters. The van der Waals surface area contributed by atoms with Crippen molar-refractivity contribution in [3.8, 4) is 18.0 Å². The third-order valence-corrected chi connectivity index (χ3v) is 2.60. The molecule has 0 aliphatic heterocycles. The number of terminal acetylenes is 1. The van der Waals surface area contributed by atoms with Crippen molar-refractivity contribution in [3.63, 3.8) is 0 Å².